The molecule has 6 aromatic rings. The van der Waals surface area contributed by atoms with Crippen molar-refractivity contribution in [3.05, 3.63) is 178 Å². The van der Waals surface area contributed by atoms with Gasteiger partial charge in [0, 0.05) is 61.9 Å². The zero-order valence-corrected chi connectivity index (χ0v) is 77.8. The maximum absolute atomic E-state index is 11.0. The first-order valence-electron chi connectivity index (χ1n) is 42.3. The van der Waals surface area contributed by atoms with E-state index in [1.165, 1.54) is 75.2 Å². The number of imidazole rings is 1. The molecule has 16 nitrogen and oxygen atoms in total. The number of aryl methyl sites for hydroxylation is 1. The zero-order valence-electron chi connectivity index (χ0n) is 76.3. The van der Waals surface area contributed by atoms with Crippen molar-refractivity contribution in [2.75, 3.05) is 66.6 Å². The average Bonchev–Trinajstić information content (AvgIpc) is 1.68. The molecule has 0 N–H and O–H groups in total. The molecule has 0 aliphatic heterocycles. The molecule has 1 fully saturated rings. The summed E-state index contributed by atoms with van der Waals surface area (Å²) in [6, 6.07) is 44.1. The first-order chi connectivity index (χ1) is 54.0. The van der Waals surface area contributed by atoms with Crippen molar-refractivity contribution < 1.29 is 66.4 Å². The number of para-hydroxylation sites is 1. The number of hydrogen-bond acceptors (Lipinski definition) is 15. The second-order valence-corrected chi connectivity index (χ2v) is 32.0. The molecule has 1 aromatic heterocycles. The second-order valence-electron chi connectivity index (χ2n) is 31.1. The van der Waals surface area contributed by atoms with Crippen LogP contribution >= 0.6 is 23.2 Å². The van der Waals surface area contributed by atoms with Gasteiger partial charge in [-0.15, -0.1) is 0 Å². The fourth-order valence-electron chi connectivity index (χ4n) is 9.52. The highest BCUT2D eigenvalue weighted by Gasteiger charge is 2.16. The van der Waals surface area contributed by atoms with Gasteiger partial charge in [0.1, 0.15) is 23.9 Å². The van der Waals surface area contributed by atoms with Crippen LogP contribution in [0.2, 0.25) is 10.0 Å². The van der Waals surface area contributed by atoms with Crippen LogP contribution in [-0.4, -0.2) is 143 Å². The van der Waals surface area contributed by atoms with Crippen LogP contribution < -0.4 is 14.2 Å². The summed E-state index contributed by atoms with van der Waals surface area (Å²) in [5.41, 5.74) is 4.20. The van der Waals surface area contributed by atoms with Gasteiger partial charge in [-0.05, 0) is 276 Å². The minimum Gasteiger partial charge on any atom is -0.494 e. The molecule has 654 valence electrons. The van der Waals surface area contributed by atoms with E-state index < -0.39 is 5.97 Å². The summed E-state index contributed by atoms with van der Waals surface area (Å²) in [6.45, 7) is 62.1. The van der Waals surface area contributed by atoms with Crippen molar-refractivity contribution >= 4 is 29.2 Å². The van der Waals surface area contributed by atoms with Crippen LogP contribution in [0.25, 0.3) is 0 Å². The molecule has 0 radical (unpaired) electrons. The van der Waals surface area contributed by atoms with Crippen LogP contribution in [0.1, 0.15) is 284 Å². The smallest absolute Gasteiger partial charge is 0.358 e. The molecule has 0 amide bonds. The number of esters is 1. The monoisotopic (exact) mass is 1640 g/mol. The normalized spacial score (nSPS) is 11.6. The van der Waals surface area contributed by atoms with Crippen LogP contribution in [0.15, 0.2) is 146 Å². The SMILES string of the molecule is CC(C)OC(C)(C)C.CC(C)OCC1CCCC1.CC(C)OCCCc1ccccc1.CC(C)OCCOc1ccccc1.CC(C)OCc1ccccc1.CC(C)Oc1cc(Cl)cc(Cl)c1.CCCCCOC(C)C.CCCCOc1ccc(COC(C)C)cc1.CCOCCCOC(C)C.COC(=O)c1cn(C(C)C)cn1. The van der Waals surface area contributed by atoms with Crippen molar-refractivity contribution in [1.29, 1.82) is 0 Å². The van der Waals surface area contributed by atoms with E-state index in [9.17, 15) is 4.79 Å². The van der Waals surface area contributed by atoms with E-state index in [0.717, 1.165) is 96.0 Å². The first-order valence-corrected chi connectivity index (χ1v) is 43.1. The van der Waals surface area contributed by atoms with Gasteiger partial charge in [-0.3, -0.25) is 0 Å². The molecular formula is C96H162Cl2N2O14. The Morgan fingerprint density at radius 1 is 0.447 bits per heavy atom. The number of hydrogen-bond donors (Lipinski definition) is 0. The van der Waals surface area contributed by atoms with E-state index in [1.807, 2.05) is 175 Å². The lowest BCUT2D eigenvalue weighted by Gasteiger charge is -2.22. The summed E-state index contributed by atoms with van der Waals surface area (Å²) >= 11 is 11.5. The molecule has 1 aliphatic carbocycles. The maximum atomic E-state index is 11.0. The molecule has 0 spiro atoms. The molecule has 7 rings (SSSR count). The number of rotatable bonds is 39. The van der Waals surface area contributed by atoms with E-state index >= 15 is 0 Å². The second kappa shape index (κ2) is 74.9. The predicted molar refractivity (Wildman–Crippen MR) is 480 cm³/mol. The number of ether oxygens (including phenoxy) is 13. The topological polar surface area (TPSA) is 155 Å². The summed E-state index contributed by atoms with van der Waals surface area (Å²) < 4.78 is 71.3. The Labute approximate surface area is 706 Å². The lowest BCUT2D eigenvalue weighted by Crippen LogP contribution is -2.23. The highest BCUT2D eigenvalue weighted by molar-refractivity contribution is 6.34. The van der Waals surface area contributed by atoms with E-state index in [-0.39, 0.29) is 23.9 Å². The highest BCUT2D eigenvalue weighted by atomic mass is 35.5. The minimum absolute atomic E-state index is 0.0220. The highest BCUT2D eigenvalue weighted by Crippen LogP contribution is 2.26. The Kier molecular flexibility index (Phi) is 74.0. The molecular weight excluding hydrogens is 1480 g/mol. The lowest BCUT2D eigenvalue weighted by atomic mass is 10.1. The number of carbonyl (C=O) groups is 1. The summed E-state index contributed by atoms with van der Waals surface area (Å²) in [5.74, 6) is 3.04. The summed E-state index contributed by atoms with van der Waals surface area (Å²) in [7, 11) is 1.34. The summed E-state index contributed by atoms with van der Waals surface area (Å²) in [6.07, 6.45) is 21.1. The third-order valence-corrected chi connectivity index (χ3v) is 15.4. The zero-order chi connectivity index (χ0) is 86.3. The number of aromatic nitrogens is 2. The predicted octanol–water partition coefficient (Wildman–Crippen LogP) is 26.2. The largest absolute Gasteiger partial charge is 0.494 e. The fraction of sp³-hybridized carbons (Fsp3) is 0.646. The van der Waals surface area contributed by atoms with Gasteiger partial charge < -0.3 is 66.1 Å². The molecule has 1 heterocycles. The molecule has 0 saturated heterocycles. The van der Waals surface area contributed by atoms with E-state index in [2.05, 4.69) is 134 Å². The van der Waals surface area contributed by atoms with Crippen molar-refractivity contribution in [3.8, 4) is 17.2 Å². The van der Waals surface area contributed by atoms with E-state index in [0.29, 0.717) is 84.0 Å². The Balaban J connectivity index is -0.00000121. The first kappa shape index (κ1) is 113. The molecule has 0 bridgehead atoms. The van der Waals surface area contributed by atoms with Crippen molar-refractivity contribution in [1.82, 2.24) is 9.55 Å². The summed E-state index contributed by atoms with van der Waals surface area (Å²) in [4.78, 5) is 14.8. The van der Waals surface area contributed by atoms with Crippen LogP contribution in [0.5, 0.6) is 17.2 Å². The van der Waals surface area contributed by atoms with Gasteiger partial charge in [-0.2, -0.15) is 0 Å². The van der Waals surface area contributed by atoms with Crippen molar-refractivity contribution in [2.24, 2.45) is 5.92 Å². The maximum Gasteiger partial charge on any atom is 0.358 e. The Bertz CT molecular complexity index is 2940. The van der Waals surface area contributed by atoms with Crippen molar-refractivity contribution in [3.63, 3.8) is 0 Å². The molecule has 18 heteroatoms. The van der Waals surface area contributed by atoms with Gasteiger partial charge in [-0.1, -0.05) is 160 Å². The quantitative estimate of drug-likeness (QED) is 0.0265. The third-order valence-electron chi connectivity index (χ3n) is 15.0. The summed E-state index contributed by atoms with van der Waals surface area (Å²) in [5, 5.41) is 1.19. The molecule has 1 saturated carbocycles. The number of methoxy groups -OCH3 is 1. The van der Waals surface area contributed by atoms with Crippen LogP contribution in [0, 0.1) is 5.92 Å². The van der Waals surface area contributed by atoms with Gasteiger partial charge in [-0.25, -0.2) is 9.78 Å². The molecule has 114 heavy (non-hydrogen) atoms. The lowest BCUT2D eigenvalue weighted by molar-refractivity contribution is -0.0425. The van der Waals surface area contributed by atoms with Crippen LogP contribution in [0.4, 0.5) is 0 Å². The number of carbonyl (C=O) groups excluding carboxylic acids is 1. The van der Waals surface area contributed by atoms with Gasteiger partial charge in [0.15, 0.2) is 5.69 Å². The molecule has 5 aromatic carbocycles. The Hall–Kier alpha value is -5.60. The molecule has 1 aliphatic rings. The van der Waals surface area contributed by atoms with Gasteiger partial charge in [0.2, 0.25) is 0 Å². The standard InChI is InChI=1S/C14H22O2.C12H18O.C11H16O2.C10H14O.C9H10Cl2O.C9H18O.C8H12N2O2.C8H18O2.C8H18O.C7H16O/c1-4-5-10-15-14-8-6-13(7-9-14)11-16-12(2)3;1-11(2)13-10-6-9-12-7-4-3-5-8-12;1-10(2)12-8-9-13-11-6-4-3-5-7-11;1-9(2)11-8-10-6-4-3-5-7-10;1-6(2)12-9-4-7(10)3-8(11)5-9;1-8(2)10-7-9-5-3-4-6-9;1-6(2)10-4-7(9-5-10)8(11)12-3;1-4-9-6-5-7-10-8(2)3;1-4-5-6-7-9-8(2)3;1-6(2)8-7(3,4)5/h6-9,12H,4-5,10-11H2,1-3H3;3-5,7-8,11H,6,9-10H2,1-2H3;3-7,10H,8-9H2,1-2H3;3-7,9H,8H2,1-2H3;3-6H,1-2H3;8-9H,3-7H2,1-2H3;4-6H,1-3H3;8H,4-7H2,1-3H3;8H,4-7H2,1-3H3;6H,1-5H3. The number of nitrogens with zero attached hydrogens (tertiary/aromatic N) is 2. The van der Waals surface area contributed by atoms with Crippen LogP contribution in [-0.2, 0) is 67.0 Å². The Morgan fingerprint density at radius 3 is 1.31 bits per heavy atom. The molecule has 0 unspecified atom stereocenters. The van der Waals surface area contributed by atoms with E-state index in [4.69, 9.17) is 80.0 Å². The number of halogens is 2. The Morgan fingerprint density at radius 2 is 0.886 bits per heavy atom. The minimum atomic E-state index is -0.394. The van der Waals surface area contributed by atoms with E-state index in [1.54, 1.807) is 30.7 Å². The van der Waals surface area contributed by atoms with Crippen molar-refractivity contribution in [2.45, 2.75) is 337 Å². The number of unbranched alkanes of at least 4 members (excludes halogenated alkanes) is 3. The third kappa shape index (κ3) is 78.9. The average molecular weight is 1640 g/mol. The number of benzene rings is 5. The van der Waals surface area contributed by atoms with Gasteiger partial charge >= 0.3 is 5.97 Å². The van der Waals surface area contributed by atoms with Gasteiger partial charge in [0.05, 0.1) is 100 Å². The van der Waals surface area contributed by atoms with Crippen LogP contribution in [0.3, 0.4) is 0 Å². The van der Waals surface area contributed by atoms with Gasteiger partial charge in [0.25, 0.3) is 0 Å². The molecule has 0 atom stereocenters. The fourth-order valence-corrected chi connectivity index (χ4v) is 10.0.